The summed E-state index contributed by atoms with van der Waals surface area (Å²) in [5.41, 5.74) is 0. The van der Waals surface area contributed by atoms with E-state index >= 15 is 0 Å². The van der Waals surface area contributed by atoms with Crippen molar-refractivity contribution in [3.05, 3.63) is 12.5 Å². The maximum Gasteiger partial charge on any atom is 0.307 e. The molecule has 1 aliphatic rings. The Hall–Kier alpha value is -0.990. The van der Waals surface area contributed by atoms with E-state index in [0.29, 0.717) is 0 Å². The highest BCUT2D eigenvalue weighted by Gasteiger charge is 2.05. The highest BCUT2D eigenvalue weighted by atomic mass is 16.5. The van der Waals surface area contributed by atoms with Gasteiger partial charge >= 0.3 is 5.97 Å². The van der Waals surface area contributed by atoms with Gasteiger partial charge in [0.1, 0.15) is 6.26 Å². The monoisotopic (exact) mass is 155 g/mol. The van der Waals surface area contributed by atoms with Gasteiger partial charge in [-0.05, 0) is 12.8 Å². The second-order valence-corrected chi connectivity index (χ2v) is 2.64. The van der Waals surface area contributed by atoms with Gasteiger partial charge in [-0.15, -0.1) is 0 Å². The Morgan fingerprint density at radius 1 is 1.45 bits per heavy atom. The van der Waals surface area contributed by atoms with E-state index in [1.165, 1.54) is 26.0 Å². The van der Waals surface area contributed by atoms with E-state index < -0.39 is 0 Å². The molecule has 3 nitrogen and oxygen atoms in total. The van der Waals surface area contributed by atoms with Crippen LogP contribution in [0.25, 0.3) is 0 Å². The van der Waals surface area contributed by atoms with Crippen molar-refractivity contribution < 1.29 is 9.53 Å². The predicted molar refractivity (Wildman–Crippen MR) is 41.7 cm³/mol. The minimum absolute atomic E-state index is 0.263. The van der Waals surface area contributed by atoms with Crippen molar-refractivity contribution in [3.8, 4) is 0 Å². The standard InChI is InChI=1S/C8H13NO2/c1-8(10)11-7-6-9-4-2-3-5-9/h6-7H,2-5H2,1H3. The van der Waals surface area contributed by atoms with Crippen LogP contribution in [0, 0.1) is 0 Å². The fraction of sp³-hybridized carbons (Fsp3) is 0.625. The number of rotatable bonds is 2. The molecule has 0 spiro atoms. The molecule has 1 saturated heterocycles. The summed E-state index contributed by atoms with van der Waals surface area (Å²) in [5.74, 6) is -0.263. The average Bonchev–Trinajstić information content (AvgIpc) is 2.39. The fourth-order valence-electron chi connectivity index (χ4n) is 1.10. The molecule has 11 heavy (non-hydrogen) atoms. The van der Waals surface area contributed by atoms with Crippen molar-refractivity contribution in [1.29, 1.82) is 0 Å². The van der Waals surface area contributed by atoms with Crippen LogP contribution < -0.4 is 0 Å². The van der Waals surface area contributed by atoms with Crippen LogP contribution in [0.3, 0.4) is 0 Å². The van der Waals surface area contributed by atoms with Crippen molar-refractivity contribution in [2.75, 3.05) is 13.1 Å². The number of hydrogen-bond donors (Lipinski definition) is 0. The number of hydrogen-bond acceptors (Lipinski definition) is 3. The van der Waals surface area contributed by atoms with Gasteiger partial charge in [-0.25, -0.2) is 0 Å². The van der Waals surface area contributed by atoms with Gasteiger partial charge in [-0.1, -0.05) is 0 Å². The number of carbonyl (C=O) groups is 1. The van der Waals surface area contributed by atoms with Gasteiger partial charge in [0, 0.05) is 26.2 Å². The summed E-state index contributed by atoms with van der Waals surface area (Å²) in [5, 5.41) is 0. The minimum atomic E-state index is -0.263. The summed E-state index contributed by atoms with van der Waals surface area (Å²) in [6.07, 6.45) is 5.76. The lowest BCUT2D eigenvalue weighted by Crippen LogP contribution is -2.10. The fourth-order valence-corrected chi connectivity index (χ4v) is 1.10. The van der Waals surface area contributed by atoms with Crippen LogP contribution in [0.4, 0.5) is 0 Å². The third kappa shape index (κ3) is 3.07. The van der Waals surface area contributed by atoms with Crippen LogP contribution in [0.1, 0.15) is 19.8 Å². The first-order valence-corrected chi connectivity index (χ1v) is 3.87. The molecule has 0 saturated carbocycles. The van der Waals surface area contributed by atoms with Crippen molar-refractivity contribution in [2.45, 2.75) is 19.8 Å². The molecule has 0 amide bonds. The quantitative estimate of drug-likeness (QED) is 0.442. The van der Waals surface area contributed by atoms with Crippen molar-refractivity contribution in [1.82, 2.24) is 4.90 Å². The third-order valence-electron chi connectivity index (χ3n) is 1.65. The molecule has 1 aliphatic heterocycles. The molecule has 0 aromatic rings. The largest absolute Gasteiger partial charge is 0.433 e. The zero-order chi connectivity index (χ0) is 8.10. The molecule has 0 aromatic heterocycles. The van der Waals surface area contributed by atoms with Crippen LogP contribution >= 0.6 is 0 Å². The van der Waals surface area contributed by atoms with E-state index in [2.05, 4.69) is 9.64 Å². The number of likely N-dealkylation sites (tertiary alicyclic amines) is 1. The van der Waals surface area contributed by atoms with E-state index in [-0.39, 0.29) is 5.97 Å². The average molecular weight is 155 g/mol. The van der Waals surface area contributed by atoms with Gasteiger partial charge in [0.25, 0.3) is 0 Å². The van der Waals surface area contributed by atoms with Crippen LogP contribution in [-0.4, -0.2) is 24.0 Å². The predicted octanol–water partition coefficient (Wildman–Crippen LogP) is 1.12. The Balaban J connectivity index is 2.17. The maximum atomic E-state index is 10.3. The maximum absolute atomic E-state index is 10.3. The van der Waals surface area contributed by atoms with E-state index in [9.17, 15) is 4.79 Å². The summed E-state index contributed by atoms with van der Waals surface area (Å²) in [7, 11) is 0. The van der Waals surface area contributed by atoms with Crippen molar-refractivity contribution in [3.63, 3.8) is 0 Å². The summed E-state index contributed by atoms with van der Waals surface area (Å²) < 4.78 is 4.64. The molecule has 0 bridgehead atoms. The Kier molecular flexibility index (Phi) is 2.95. The first kappa shape index (κ1) is 8.11. The van der Waals surface area contributed by atoms with Gasteiger partial charge < -0.3 is 9.64 Å². The molecule has 0 N–H and O–H groups in total. The topological polar surface area (TPSA) is 29.5 Å². The molecular weight excluding hydrogens is 142 g/mol. The van der Waals surface area contributed by atoms with Crippen LogP contribution in [0.5, 0.6) is 0 Å². The normalized spacial score (nSPS) is 17.7. The SMILES string of the molecule is CC(=O)OC=CN1CCCC1. The molecule has 0 aromatic carbocycles. The van der Waals surface area contributed by atoms with Gasteiger partial charge in [0.05, 0.1) is 0 Å². The molecule has 0 aliphatic carbocycles. The van der Waals surface area contributed by atoms with Crippen LogP contribution in [0.15, 0.2) is 12.5 Å². The molecule has 1 rings (SSSR count). The summed E-state index contributed by atoms with van der Waals surface area (Å²) in [4.78, 5) is 12.5. The first-order valence-electron chi connectivity index (χ1n) is 3.87. The molecule has 62 valence electrons. The molecular formula is C8H13NO2. The highest BCUT2D eigenvalue weighted by molar-refractivity contribution is 5.66. The molecule has 3 heteroatoms. The Bertz CT molecular complexity index is 159. The molecule has 0 radical (unpaired) electrons. The number of carbonyl (C=O) groups excluding carboxylic acids is 1. The van der Waals surface area contributed by atoms with Gasteiger partial charge in [-0.3, -0.25) is 4.79 Å². The lowest BCUT2D eigenvalue weighted by atomic mass is 10.4. The molecule has 0 unspecified atom stereocenters. The zero-order valence-corrected chi connectivity index (χ0v) is 6.75. The van der Waals surface area contributed by atoms with E-state index in [0.717, 1.165) is 13.1 Å². The zero-order valence-electron chi connectivity index (χ0n) is 6.75. The van der Waals surface area contributed by atoms with E-state index in [1.807, 2.05) is 6.20 Å². The third-order valence-corrected chi connectivity index (χ3v) is 1.65. The lowest BCUT2D eigenvalue weighted by molar-refractivity contribution is -0.135. The second kappa shape index (κ2) is 4.01. The number of esters is 1. The van der Waals surface area contributed by atoms with Gasteiger partial charge in [-0.2, -0.15) is 0 Å². The van der Waals surface area contributed by atoms with Crippen molar-refractivity contribution in [2.24, 2.45) is 0 Å². The molecule has 0 atom stereocenters. The van der Waals surface area contributed by atoms with E-state index in [1.54, 1.807) is 0 Å². The van der Waals surface area contributed by atoms with Crippen molar-refractivity contribution >= 4 is 5.97 Å². The minimum Gasteiger partial charge on any atom is -0.433 e. The molecule has 1 fully saturated rings. The summed E-state index contributed by atoms with van der Waals surface area (Å²) in [6, 6.07) is 0. The summed E-state index contributed by atoms with van der Waals surface area (Å²) in [6.45, 7) is 3.56. The van der Waals surface area contributed by atoms with Gasteiger partial charge in [0.2, 0.25) is 0 Å². The smallest absolute Gasteiger partial charge is 0.307 e. The highest BCUT2D eigenvalue weighted by Crippen LogP contribution is 2.06. The lowest BCUT2D eigenvalue weighted by Gasteiger charge is -2.08. The van der Waals surface area contributed by atoms with Crippen LogP contribution in [-0.2, 0) is 9.53 Å². The first-order chi connectivity index (χ1) is 5.29. The van der Waals surface area contributed by atoms with Gasteiger partial charge in [0.15, 0.2) is 0 Å². The Morgan fingerprint density at radius 3 is 2.64 bits per heavy atom. The Morgan fingerprint density at radius 2 is 2.09 bits per heavy atom. The summed E-state index contributed by atoms with van der Waals surface area (Å²) >= 11 is 0. The number of ether oxygens (including phenoxy) is 1. The Labute approximate surface area is 66.6 Å². The van der Waals surface area contributed by atoms with Crippen LogP contribution in [0.2, 0.25) is 0 Å². The van der Waals surface area contributed by atoms with E-state index in [4.69, 9.17) is 0 Å². The second-order valence-electron chi connectivity index (χ2n) is 2.64. The number of nitrogens with zero attached hydrogens (tertiary/aromatic N) is 1. The molecule has 1 heterocycles.